The molecule has 8 heavy (non-hydrogen) atoms. The Morgan fingerprint density at radius 1 is 1.75 bits per heavy atom. The molecule has 0 radical (unpaired) electrons. The Morgan fingerprint density at radius 2 is 2.50 bits per heavy atom. The highest BCUT2D eigenvalue weighted by atomic mass is 14.8. The van der Waals surface area contributed by atoms with Crippen molar-refractivity contribution in [2.75, 3.05) is 0 Å². The molecule has 0 aliphatic carbocycles. The largest absolute Gasteiger partial charge is 0.248 e. The van der Waals surface area contributed by atoms with Gasteiger partial charge in [-0.15, -0.1) is 0 Å². The van der Waals surface area contributed by atoms with Crippen LogP contribution in [0.4, 0.5) is 0 Å². The molecule has 2 nitrogen and oxygen atoms in total. The minimum atomic E-state index is 0.913. The third kappa shape index (κ3) is 4.90. The molecule has 0 amide bonds. The Balaban J connectivity index is 3.31. The van der Waals surface area contributed by atoms with Crippen molar-refractivity contribution in [1.82, 2.24) is 0 Å². The van der Waals surface area contributed by atoms with E-state index in [1.54, 1.807) is 6.21 Å². The number of terminal acetylenes is 1. The van der Waals surface area contributed by atoms with E-state index in [2.05, 4.69) is 16.0 Å². The third-order valence-electron chi connectivity index (χ3n) is 0.487. The van der Waals surface area contributed by atoms with Crippen LogP contribution in [0.25, 0.3) is 0 Å². The number of rotatable bonds is 2. The van der Waals surface area contributed by atoms with Gasteiger partial charge in [0.1, 0.15) is 6.34 Å². The second kappa shape index (κ2) is 5.90. The Morgan fingerprint density at radius 3 is 3.00 bits per heavy atom. The zero-order valence-corrected chi connectivity index (χ0v) is 4.83. The van der Waals surface area contributed by atoms with Crippen molar-refractivity contribution < 1.29 is 0 Å². The van der Waals surface area contributed by atoms with Gasteiger partial charge in [-0.05, 0) is 6.42 Å². The molecule has 0 aliphatic heterocycles. The van der Waals surface area contributed by atoms with Gasteiger partial charge < -0.3 is 0 Å². The molecular formula is C6H8N2. The van der Waals surface area contributed by atoms with Gasteiger partial charge in [-0.25, -0.2) is 4.99 Å². The maximum Gasteiger partial charge on any atom is 0.125 e. The maximum absolute atomic E-state index is 4.79. The van der Waals surface area contributed by atoms with Gasteiger partial charge in [0.15, 0.2) is 0 Å². The summed E-state index contributed by atoms with van der Waals surface area (Å²) in [5.41, 5.74) is 0. The number of aliphatic imine (C=N–C) groups is 2. The summed E-state index contributed by atoms with van der Waals surface area (Å²) in [5.74, 6) is 0. The van der Waals surface area contributed by atoms with Gasteiger partial charge in [0.2, 0.25) is 0 Å². The highest BCUT2D eigenvalue weighted by molar-refractivity contribution is 5.72. The van der Waals surface area contributed by atoms with E-state index in [0.29, 0.717) is 0 Å². The van der Waals surface area contributed by atoms with Crippen LogP contribution in [0.5, 0.6) is 0 Å². The van der Waals surface area contributed by atoms with E-state index in [4.69, 9.17) is 6.42 Å². The zero-order valence-electron chi connectivity index (χ0n) is 4.83. The fourth-order valence-electron chi connectivity index (χ4n) is 0.219. The lowest BCUT2D eigenvalue weighted by molar-refractivity contribution is 1.32. The highest BCUT2D eigenvalue weighted by Gasteiger charge is 1.60. The first-order valence-corrected chi connectivity index (χ1v) is 2.40. The number of hydrogen-bond acceptors (Lipinski definition) is 1. The first-order valence-electron chi connectivity index (χ1n) is 2.40. The third-order valence-corrected chi connectivity index (χ3v) is 0.487. The van der Waals surface area contributed by atoms with E-state index in [-0.39, 0.29) is 0 Å². The van der Waals surface area contributed by atoms with Crippen LogP contribution >= 0.6 is 0 Å². The lowest BCUT2D eigenvalue weighted by Gasteiger charge is -1.70. The topological polar surface area (TPSA) is 24.7 Å². The first kappa shape index (κ1) is 6.90. The molecule has 0 aliphatic rings. The molecule has 0 saturated heterocycles. The minimum Gasteiger partial charge on any atom is -0.248 e. The summed E-state index contributed by atoms with van der Waals surface area (Å²) in [4.78, 5) is 7.13. The summed E-state index contributed by atoms with van der Waals surface area (Å²) >= 11 is 0. The number of nitrogens with zero attached hydrogens (tertiary/aromatic N) is 2. The Bertz CT molecular complexity index is 128. The summed E-state index contributed by atoms with van der Waals surface area (Å²) in [6.07, 6.45) is 8.79. The van der Waals surface area contributed by atoms with Gasteiger partial charge in [-0.3, -0.25) is 0 Å². The summed E-state index contributed by atoms with van der Waals surface area (Å²) in [5, 5.41) is 0. The molecule has 0 aromatic rings. The quantitative estimate of drug-likeness (QED) is 0.287. The SMILES string of the molecule is C#CN=CN=CCC. The van der Waals surface area contributed by atoms with Crippen LogP contribution in [0, 0.1) is 12.5 Å². The molecular weight excluding hydrogens is 100 g/mol. The van der Waals surface area contributed by atoms with Gasteiger partial charge in [0.05, 0.1) is 0 Å². The Hall–Kier alpha value is -1.10. The van der Waals surface area contributed by atoms with Crippen molar-refractivity contribution in [3.63, 3.8) is 0 Å². The normalized spacial score (nSPS) is 10.5. The van der Waals surface area contributed by atoms with E-state index in [0.717, 1.165) is 6.42 Å². The molecule has 0 unspecified atom stereocenters. The van der Waals surface area contributed by atoms with Crippen LogP contribution in [0.3, 0.4) is 0 Å². The molecule has 0 atom stereocenters. The van der Waals surface area contributed by atoms with Gasteiger partial charge in [-0.1, -0.05) is 13.3 Å². The molecule has 0 heterocycles. The predicted octanol–water partition coefficient (Wildman–Crippen LogP) is 1.09. The van der Waals surface area contributed by atoms with Crippen molar-refractivity contribution in [1.29, 1.82) is 0 Å². The van der Waals surface area contributed by atoms with Gasteiger partial charge in [-0.2, -0.15) is 4.99 Å². The second-order valence-electron chi connectivity index (χ2n) is 1.11. The van der Waals surface area contributed by atoms with E-state index in [1.165, 1.54) is 6.34 Å². The molecule has 42 valence electrons. The first-order chi connectivity index (χ1) is 3.91. The fourth-order valence-corrected chi connectivity index (χ4v) is 0.219. The van der Waals surface area contributed by atoms with Crippen LogP contribution in [-0.2, 0) is 0 Å². The molecule has 2 heteroatoms. The van der Waals surface area contributed by atoms with E-state index >= 15 is 0 Å². The summed E-state index contributed by atoms with van der Waals surface area (Å²) < 4.78 is 0. The van der Waals surface area contributed by atoms with Crippen molar-refractivity contribution in [2.45, 2.75) is 13.3 Å². The van der Waals surface area contributed by atoms with Crippen molar-refractivity contribution in [3.05, 3.63) is 0 Å². The molecule has 0 saturated carbocycles. The highest BCUT2D eigenvalue weighted by Crippen LogP contribution is 1.65. The lowest BCUT2D eigenvalue weighted by atomic mass is 10.5. The van der Waals surface area contributed by atoms with Crippen molar-refractivity contribution >= 4 is 12.6 Å². The summed E-state index contributed by atoms with van der Waals surface area (Å²) in [7, 11) is 0. The average molecular weight is 108 g/mol. The average Bonchev–Trinajstić information content (AvgIpc) is 1.81. The molecule has 0 rings (SSSR count). The standard InChI is InChI=1S/C6H8N2/c1-3-5-8-6-7-4-2/h2,5-6H,3H2,1H3. The second-order valence-corrected chi connectivity index (χ2v) is 1.11. The van der Waals surface area contributed by atoms with Crippen LogP contribution in [0.1, 0.15) is 13.3 Å². The maximum atomic E-state index is 4.79. The van der Waals surface area contributed by atoms with Crippen LogP contribution < -0.4 is 0 Å². The van der Waals surface area contributed by atoms with E-state index < -0.39 is 0 Å². The fraction of sp³-hybridized carbons (Fsp3) is 0.333. The van der Waals surface area contributed by atoms with Crippen molar-refractivity contribution in [3.8, 4) is 12.5 Å². The number of hydrogen-bond donors (Lipinski definition) is 0. The molecule has 0 N–H and O–H groups in total. The molecule has 0 bridgehead atoms. The molecule has 0 spiro atoms. The van der Waals surface area contributed by atoms with Crippen LogP contribution in [0.2, 0.25) is 0 Å². The molecule has 0 fully saturated rings. The van der Waals surface area contributed by atoms with Crippen LogP contribution in [-0.4, -0.2) is 12.6 Å². The molecule has 0 aromatic heterocycles. The monoisotopic (exact) mass is 108 g/mol. The summed E-state index contributed by atoms with van der Waals surface area (Å²) in [6, 6.07) is 2.08. The van der Waals surface area contributed by atoms with Gasteiger partial charge >= 0.3 is 0 Å². The van der Waals surface area contributed by atoms with E-state index in [9.17, 15) is 0 Å². The zero-order chi connectivity index (χ0) is 6.24. The molecule has 0 aromatic carbocycles. The Kier molecular flexibility index (Phi) is 5.09. The van der Waals surface area contributed by atoms with Gasteiger partial charge in [0.25, 0.3) is 0 Å². The smallest absolute Gasteiger partial charge is 0.125 e. The minimum absolute atomic E-state index is 0.913. The lowest BCUT2D eigenvalue weighted by Crippen LogP contribution is -1.67. The van der Waals surface area contributed by atoms with Gasteiger partial charge in [0, 0.05) is 12.3 Å². The van der Waals surface area contributed by atoms with Crippen molar-refractivity contribution in [2.24, 2.45) is 9.98 Å². The predicted molar refractivity (Wildman–Crippen MR) is 36.1 cm³/mol. The van der Waals surface area contributed by atoms with Crippen LogP contribution in [0.15, 0.2) is 9.98 Å². The summed E-state index contributed by atoms with van der Waals surface area (Å²) in [6.45, 7) is 1.99. The Labute approximate surface area is 49.4 Å². The van der Waals surface area contributed by atoms with E-state index in [1.807, 2.05) is 6.92 Å².